The minimum atomic E-state index is 0.434. The Balaban J connectivity index is 2.99. The van der Waals surface area contributed by atoms with Gasteiger partial charge in [-0.1, -0.05) is 0 Å². The fourth-order valence-corrected chi connectivity index (χ4v) is 1.66. The Labute approximate surface area is 92.2 Å². The number of halogens is 1. The van der Waals surface area contributed by atoms with E-state index in [4.69, 9.17) is 16.3 Å². The Morgan fingerprint density at radius 3 is 2.79 bits per heavy atom. The molecular formula is C10H15ClNOP. The van der Waals surface area contributed by atoms with Crippen LogP contribution in [0.1, 0.15) is 16.8 Å². The highest BCUT2D eigenvalue weighted by molar-refractivity contribution is 7.16. The maximum absolute atomic E-state index is 5.77. The lowest BCUT2D eigenvalue weighted by Gasteiger charge is -2.12. The maximum atomic E-state index is 5.77. The third-order valence-electron chi connectivity index (χ3n) is 2.04. The molecule has 0 aliphatic rings. The molecular weight excluding hydrogens is 217 g/mol. The Hall–Kier alpha value is -0.330. The molecule has 0 spiro atoms. The quantitative estimate of drug-likeness (QED) is 0.587. The summed E-state index contributed by atoms with van der Waals surface area (Å²) in [7, 11) is 2.64. The van der Waals surface area contributed by atoms with Gasteiger partial charge in [0.2, 0.25) is 0 Å². The smallest absolute Gasteiger partial charge is 0.128 e. The van der Waals surface area contributed by atoms with Crippen LogP contribution in [-0.4, -0.2) is 17.8 Å². The summed E-state index contributed by atoms with van der Waals surface area (Å²) in [5.74, 6) is 1.36. The molecule has 0 amide bonds. The summed E-state index contributed by atoms with van der Waals surface area (Å²) in [5.41, 5.74) is 3.02. The fourth-order valence-electron chi connectivity index (χ4n) is 1.27. The van der Waals surface area contributed by atoms with E-state index in [9.17, 15) is 0 Å². The van der Waals surface area contributed by atoms with Crippen molar-refractivity contribution in [3.63, 3.8) is 0 Å². The largest absolute Gasteiger partial charge is 0.493 e. The van der Waals surface area contributed by atoms with Crippen molar-refractivity contribution in [2.24, 2.45) is 0 Å². The summed E-state index contributed by atoms with van der Waals surface area (Å²) in [6.45, 7) is 4.70. The van der Waals surface area contributed by atoms with E-state index in [1.807, 2.05) is 20.0 Å². The lowest BCUT2D eigenvalue weighted by Crippen LogP contribution is -2.04. The first-order chi connectivity index (χ1) is 6.70. The van der Waals surface area contributed by atoms with E-state index >= 15 is 0 Å². The monoisotopic (exact) mass is 231 g/mol. The number of alkyl halides is 1. The fraction of sp³-hybridized carbons (Fsp3) is 0.500. The summed E-state index contributed by atoms with van der Waals surface area (Å²) >= 11 is 5.77. The van der Waals surface area contributed by atoms with Crippen molar-refractivity contribution in [3.05, 3.63) is 23.0 Å². The molecule has 0 saturated carbocycles. The number of nitrogens with zero attached hydrogens (tertiary/aromatic N) is 1. The zero-order valence-electron chi connectivity index (χ0n) is 8.51. The van der Waals surface area contributed by atoms with Crippen LogP contribution in [0.2, 0.25) is 0 Å². The summed E-state index contributed by atoms with van der Waals surface area (Å²) in [5, 5.41) is 0. The van der Waals surface area contributed by atoms with E-state index in [0.717, 1.165) is 28.7 Å². The van der Waals surface area contributed by atoms with Gasteiger partial charge < -0.3 is 4.74 Å². The number of ether oxygens (including phenoxy) is 1. The predicted octanol–water partition coefficient (Wildman–Crippen LogP) is 2.69. The second-order valence-corrected chi connectivity index (χ2v) is 3.96. The van der Waals surface area contributed by atoms with Crippen LogP contribution in [0.25, 0.3) is 0 Å². The van der Waals surface area contributed by atoms with E-state index in [0.29, 0.717) is 12.5 Å². The predicted molar refractivity (Wildman–Crippen MR) is 63.3 cm³/mol. The molecule has 0 radical (unpaired) electrons. The van der Waals surface area contributed by atoms with Gasteiger partial charge in [0.15, 0.2) is 0 Å². The molecule has 0 saturated heterocycles. The number of hydrogen-bond donors (Lipinski definition) is 0. The van der Waals surface area contributed by atoms with Gasteiger partial charge in [-0.05, 0) is 20.0 Å². The molecule has 0 aliphatic heterocycles. The van der Waals surface area contributed by atoms with Crippen LogP contribution in [0.15, 0.2) is 6.20 Å². The third kappa shape index (κ3) is 2.59. The van der Waals surface area contributed by atoms with Crippen LogP contribution in [0.5, 0.6) is 5.75 Å². The van der Waals surface area contributed by atoms with Gasteiger partial charge in [0.05, 0.1) is 18.2 Å². The molecule has 1 aromatic rings. The summed E-state index contributed by atoms with van der Waals surface area (Å²) < 4.78 is 5.64. The van der Waals surface area contributed by atoms with Gasteiger partial charge in [-0.3, -0.25) is 4.98 Å². The molecule has 0 aliphatic carbocycles. The lowest BCUT2D eigenvalue weighted by atomic mass is 10.1. The zero-order chi connectivity index (χ0) is 10.6. The maximum Gasteiger partial charge on any atom is 0.128 e. The van der Waals surface area contributed by atoms with Crippen LogP contribution >= 0.6 is 20.8 Å². The molecule has 14 heavy (non-hydrogen) atoms. The molecule has 1 unspecified atom stereocenters. The first-order valence-corrected chi connectivity index (χ1v) is 5.89. The van der Waals surface area contributed by atoms with Crippen molar-refractivity contribution in [2.75, 3.05) is 12.8 Å². The standard InChI is InChI=1S/C10H15ClNOP/c1-7-6-12-9(5-11)8(2)10(7)13-3-4-14/h6H,3-5,14H2,1-2H3. The molecule has 1 atom stereocenters. The van der Waals surface area contributed by atoms with Gasteiger partial charge in [-0.25, -0.2) is 0 Å². The number of rotatable bonds is 4. The average molecular weight is 232 g/mol. The minimum Gasteiger partial charge on any atom is -0.493 e. The van der Waals surface area contributed by atoms with E-state index in [2.05, 4.69) is 14.2 Å². The highest BCUT2D eigenvalue weighted by Crippen LogP contribution is 2.25. The first-order valence-electron chi connectivity index (χ1n) is 4.54. The van der Waals surface area contributed by atoms with Gasteiger partial charge in [0.25, 0.3) is 0 Å². The van der Waals surface area contributed by atoms with Crippen molar-refractivity contribution >= 4 is 20.8 Å². The third-order valence-corrected chi connectivity index (χ3v) is 2.53. The van der Waals surface area contributed by atoms with Crippen LogP contribution < -0.4 is 4.74 Å². The number of aromatic nitrogens is 1. The van der Waals surface area contributed by atoms with Crippen molar-refractivity contribution in [1.82, 2.24) is 4.98 Å². The van der Waals surface area contributed by atoms with E-state index in [1.165, 1.54) is 0 Å². The van der Waals surface area contributed by atoms with Crippen LogP contribution in [0.3, 0.4) is 0 Å². The number of aryl methyl sites for hydroxylation is 1. The molecule has 1 heterocycles. The molecule has 4 heteroatoms. The summed E-state index contributed by atoms with van der Waals surface area (Å²) in [4.78, 5) is 4.25. The number of hydrogen-bond acceptors (Lipinski definition) is 2. The zero-order valence-corrected chi connectivity index (χ0v) is 10.4. The van der Waals surface area contributed by atoms with Crippen molar-refractivity contribution in [1.29, 1.82) is 0 Å². The molecule has 1 rings (SSSR count). The van der Waals surface area contributed by atoms with Gasteiger partial charge in [0.1, 0.15) is 5.75 Å². The second-order valence-electron chi connectivity index (χ2n) is 3.11. The average Bonchev–Trinajstić information content (AvgIpc) is 2.18. The normalized spacial score (nSPS) is 10.3. The topological polar surface area (TPSA) is 22.1 Å². The second kappa shape index (κ2) is 5.53. The Morgan fingerprint density at radius 2 is 2.21 bits per heavy atom. The molecule has 0 N–H and O–H groups in total. The van der Waals surface area contributed by atoms with Crippen LogP contribution in [0.4, 0.5) is 0 Å². The van der Waals surface area contributed by atoms with Gasteiger partial charge in [0, 0.05) is 17.3 Å². The summed E-state index contributed by atoms with van der Waals surface area (Å²) in [6, 6.07) is 0. The highest BCUT2D eigenvalue weighted by Gasteiger charge is 2.08. The first kappa shape index (κ1) is 11.7. The Morgan fingerprint density at radius 1 is 1.50 bits per heavy atom. The van der Waals surface area contributed by atoms with E-state index in [-0.39, 0.29) is 0 Å². The molecule has 1 aromatic heterocycles. The van der Waals surface area contributed by atoms with E-state index < -0.39 is 0 Å². The van der Waals surface area contributed by atoms with Crippen LogP contribution in [0, 0.1) is 13.8 Å². The van der Waals surface area contributed by atoms with Gasteiger partial charge in [-0.15, -0.1) is 20.8 Å². The Bertz CT molecular complexity index is 317. The Kier molecular flexibility index (Phi) is 4.64. The van der Waals surface area contributed by atoms with Gasteiger partial charge in [-0.2, -0.15) is 0 Å². The lowest BCUT2D eigenvalue weighted by molar-refractivity contribution is 0.338. The van der Waals surface area contributed by atoms with Gasteiger partial charge >= 0.3 is 0 Å². The molecule has 0 fully saturated rings. The van der Waals surface area contributed by atoms with Crippen LogP contribution in [-0.2, 0) is 5.88 Å². The molecule has 0 aromatic carbocycles. The summed E-state index contributed by atoms with van der Waals surface area (Å²) in [6.07, 6.45) is 2.74. The SMILES string of the molecule is Cc1cnc(CCl)c(C)c1OCCP. The molecule has 78 valence electrons. The number of pyridine rings is 1. The molecule has 0 bridgehead atoms. The highest BCUT2D eigenvalue weighted by atomic mass is 35.5. The molecule has 2 nitrogen and oxygen atoms in total. The van der Waals surface area contributed by atoms with Crippen molar-refractivity contribution in [3.8, 4) is 5.75 Å². The minimum absolute atomic E-state index is 0.434. The van der Waals surface area contributed by atoms with Crippen molar-refractivity contribution < 1.29 is 4.74 Å². The van der Waals surface area contributed by atoms with E-state index in [1.54, 1.807) is 0 Å². The van der Waals surface area contributed by atoms with Crippen molar-refractivity contribution in [2.45, 2.75) is 19.7 Å².